The van der Waals surface area contributed by atoms with Gasteiger partial charge in [0.25, 0.3) is 0 Å². The molecule has 5 nitrogen and oxygen atoms in total. The van der Waals surface area contributed by atoms with Crippen molar-refractivity contribution < 1.29 is 36.6 Å². The summed E-state index contributed by atoms with van der Waals surface area (Å²) < 4.78 is 70.4. The van der Waals surface area contributed by atoms with Crippen LogP contribution in [0.1, 0.15) is 11.3 Å². The summed E-state index contributed by atoms with van der Waals surface area (Å²) in [7, 11) is 0. The summed E-state index contributed by atoms with van der Waals surface area (Å²) >= 11 is 0. The molecule has 1 N–H and O–H groups in total. The number of hydrogen-bond donors (Lipinski definition) is 1. The number of carbonyl (C=O) groups is 1. The van der Waals surface area contributed by atoms with E-state index in [1.165, 1.54) is 18.3 Å². The van der Waals surface area contributed by atoms with Gasteiger partial charge in [-0.1, -0.05) is 0 Å². The molecule has 10 heteroatoms. The highest BCUT2D eigenvalue weighted by atomic mass is 19.4. The van der Waals surface area contributed by atoms with Gasteiger partial charge in [-0.2, -0.15) is 22.0 Å². The predicted molar refractivity (Wildman–Crippen MR) is 74.1 cm³/mol. The van der Waals surface area contributed by atoms with E-state index >= 15 is 0 Å². The van der Waals surface area contributed by atoms with Gasteiger partial charge >= 0.3 is 18.2 Å². The molecule has 0 saturated heterocycles. The lowest BCUT2D eigenvalue weighted by atomic mass is 10.1. The third kappa shape index (κ3) is 3.06. The Morgan fingerprint density at radius 3 is 2.60 bits per heavy atom. The van der Waals surface area contributed by atoms with Crippen LogP contribution in [0.25, 0.3) is 0 Å². The summed E-state index contributed by atoms with van der Waals surface area (Å²) in [5.41, 5.74) is -1.78. The highest BCUT2D eigenvalue weighted by Crippen LogP contribution is 2.43. The van der Waals surface area contributed by atoms with Crippen LogP contribution in [-0.2, 0) is 17.5 Å². The summed E-state index contributed by atoms with van der Waals surface area (Å²) in [6.07, 6.45) is -7.75. The lowest BCUT2D eigenvalue weighted by Crippen LogP contribution is -2.50. The lowest BCUT2D eigenvalue weighted by molar-refractivity contribution is -0.193. The van der Waals surface area contributed by atoms with Gasteiger partial charge in [-0.25, -0.2) is 0 Å². The van der Waals surface area contributed by atoms with E-state index in [9.17, 15) is 31.9 Å². The van der Waals surface area contributed by atoms with Gasteiger partial charge in [0.1, 0.15) is 11.4 Å². The summed E-state index contributed by atoms with van der Waals surface area (Å²) in [6.45, 7) is -0.654. The first-order valence-electron chi connectivity index (χ1n) is 6.82. The van der Waals surface area contributed by atoms with Crippen molar-refractivity contribution in [3.63, 3.8) is 0 Å². The first-order valence-corrected chi connectivity index (χ1v) is 6.82. The number of benzene rings is 1. The van der Waals surface area contributed by atoms with Crippen molar-refractivity contribution in [3.05, 3.63) is 47.8 Å². The fourth-order valence-corrected chi connectivity index (χ4v) is 2.30. The van der Waals surface area contributed by atoms with Crippen molar-refractivity contribution in [3.8, 4) is 11.5 Å². The van der Waals surface area contributed by atoms with E-state index in [1.807, 2.05) is 0 Å². The van der Waals surface area contributed by atoms with Crippen molar-refractivity contribution >= 4 is 11.6 Å². The fourth-order valence-electron chi connectivity index (χ4n) is 2.30. The molecule has 0 unspecified atom stereocenters. The second kappa shape index (κ2) is 5.57. The van der Waals surface area contributed by atoms with E-state index in [2.05, 4.69) is 9.72 Å². The molecule has 0 aliphatic carbocycles. The Hall–Kier alpha value is -2.91. The first-order chi connectivity index (χ1) is 11.6. The minimum atomic E-state index is -4.74. The van der Waals surface area contributed by atoms with E-state index in [0.29, 0.717) is 23.1 Å². The highest BCUT2D eigenvalue weighted by Gasteiger charge is 2.51. The molecule has 0 fully saturated rings. The summed E-state index contributed by atoms with van der Waals surface area (Å²) in [5, 5.41) is 9.69. The standard InChI is InChI=1S/C15H9F5N2O3/c16-14(17,18)8-3-4-12-10(6-8)22(13(24)15(19,20)25-12)7-9-11(23)2-1-5-21-9/h1-6,23H,7H2. The predicted octanol–water partition coefficient (Wildman–Crippen LogP) is 3.32. The second-order valence-corrected chi connectivity index (χ2v) is 5.16. The molecule has 0 saturated carbocycles. The second-order valence-electron chi connectivity index (χ2n) is 5.16. The summed E-state index contributed by atoms with van der Waals surface area (Å²) in [6, 6.07) is 4.39. The van der Waals surface area contributed by atoms with E-state index < -0.39 is 47.5 Å². The number of fused-ring (bicyclic) bond motifs is 1. The Balaban J connectivity index is 2.10. The number of aromatic nitrogens is 1. The van der Waals surface area contributed by atoms with Gasteiger partial charge in [0.15, 0.2) is 5.75 Å². The summed E-state index contributed by atoms with van der Waals surface area (Å²) in [4.78, 5) is 16.1. The number of amides is 1. The molecule has 2 heterocycles. The Labute approximate surface area is 137 Å². The number of carbonyl (C=O) groups excluding carboxylic acids is 1. The largest absolute Gasteiger partial charge is 0.506 e. The minimum absolute atomic E-state index is 0.156. The average molecular weight is 360 g/mol. The molecule has 0 radical (unpaired) electrons. The van der Waals surface area contributed by atoms with Crippen LogP contribution in [0.2, 0.25) is 0 Å². The monoisotopic (exact) mass is 360 g/mol. The third-order valence-corrected chi connectivity index (χ3v) is 3.48. The van der Waals surface area contributed by atoms with Gasteiger partial charge in [0.2, 0.25) is 0 Å². The number of rotatable bonds is 2. The molecule has 3 rings (SSSR count). The Morgan fingerprint density at radius 2 is 1.96 bits per heavy atom. The topological polar surface area (TPSA) is 62.7 Å². The maximum atomic E-state index is 13.7. The van der Waals surface area contributed by atoms with Gasteiger partial charge in [-0.05, 0) is 30.3 Å². The number of pyridine rings is 1. The smallest absolute Gasteiger partial charge is 0.482 e. The van der Waals surface area contributed by atoms with Crippen LogP contribution in [0.5, 0.6) is 11.5 Å². The number of anilines is 1. The van der Waals surface area contributed by atoms with Gasteiger partial charge in [-0.3, -0.25) is 14.7 Å². The van der Waals surface area contributed by atoms with Crippen LogP contribution in [0.3, 0.4) is 0 Å². The highest BCUT2D eigenvalue weighted by molar-refractivity contribution is 6.00. The van der Waals surface area contributed by atoms with Crippen molar-refractivity contribution in [2.24, 2.45) is 0 Å². The molecule has 0 spiro atoms. The van der Waals surface area contributed by atoms with Gasteiger partial charge in [0, 0.05) is 6.20 Å². The van der Waals surface area contributed by atoms with E-state index in [0.717, 1.165) is 0 Å². The molecule has 1 aromatic heterocycles. The van der Waals surface area contributed by atoms with Crippen LogP contribution in [-0.4, -0.2) is 22.1 Å². The van der Waals surface area contributed by atoms with Crippen LogP contribution < -0.4 is 9.64 Å². The zero-order chi connectivity index (χ0) is 18.4. The van der Waals surface area contributed by atoms with Crippen LogP contribution in [0.4, 0.5) is 27.6 Å². The molecule has 1 aromatic carbocycles. The van der Waals surface area contributed by atoms with E-state index in [1.54, 1.807) is 0 Å². The van der Waals surface area contributed by atoms with E-state index in [4.69, 9.17) is 0 Å². The quantitative estimate of drug-likeness (QED) is 0.835. The number of alkyl halides is 5. The molecule has 0 bridgehead atoms. The zero-order valence-electron chi connectivity index (χ0n) is 12.2. The van der Waals surface area contributed by atoms with Crippen LogP contribution >= 0.6 is 0 Å². The maximum absolute atomic E-state index is 13.7. The van der Waals surface area contributed by atoms with Crippen LogP contribution in [0, 0.1) is 0 Å². The number of aromatic hydroxyl groups is 1. The lowest BCUT2D eigenvalue weighted by Gasteiger charge is -2.33. The SMILES string of the molecule is O=C1N(Cc2ncccc2O)c2cc(C(F)(F)F)ccc2OC1(F)F. The molecule has 25 heavy (non-hydrogen) atoms. The Morgan fingerprint density at radius 1 is 1.24 bits per heavy atom. The fraction of sp³-hybridized carbons (Fsp3) is 0.200. The maximum Gasteiger partial charge on any atom is 0.482 e. The Bertz CT molecular complexity index is 838. The number of hydrogen-bond acceptors (Lipinski definition) is 4. The van der Waals surface area contributed by atoms with Crippen molar-refractivity contribution in [2.75, 3.05) is 4.90 Å². The summed E-state index contributed by atoms with van der Waals surface area (Å²) in [5.74, 6) is -2.84. The van der Waals surface area contributed by atoms with Gasteiger partial charge in [-0.15, -0.1) is 0 Å². The van der Waals surface area contributed by atoms with Crippen molar-refractivity contribution in [1.29, 1.82) is 0 Å². The van der Waals surface area contributed by atoms with Crippen molar-refractivity contribution in [2.45, 2.75) is 18.8 Å². The normalized spacial score (nSPS) is 16.4. The molecule has 132 valence electrons. The Kier molecular flexibility index (Phi) is 3.77. The number of nitrogens with zero attached hydrogens (tertiary/aromatic N) is 2. The minimum Gasteiger partial charge on any atom is -0.506 e. The molecule has 1 aliphatic rings. The van der Waals surface area contributed by atoms with E-state index in [-0.39, 0.29) is 5.69 Å². The third-order valence-electron chi connectivity index (χ3n) is 3.48. The molecular weight excluding hydrogens is 351 g/mol. The molecule has 1 aliphatic heterocycles. The molecule has 1 amide bonds. The molecule has 2 aromatic rings. The average Bonchev–Trinajstić information content (AvgIpc) is 2.52. The molecular formula is C15H9F5N2O3. The molecule has 0 atom stereocenters. The van der Waals surface area contributed by atoms with Crippen molar-refractivity contribution in [1.82, 2.24) is 4.98 Å². The first kappa shape index (κ1) is 16.9. The number of ether oxygens (including phenoxy) is 1. The van der Waals surface area contributed by atoms with Gasteiger partial charge < -0.3 is 9.84 Å². The van der Waals surface area contributed by atoms with Crippen LogP contribution in [0.15, 0.2) is 36.5 Å². The van der Waals surface area contributed by atoms with Gasteiger partial charge in [0.05, 0.1) is 17.8 Å². The number of halogens is 5. The zero-order valence-corrected chi connectivity index (χ0v) is 12.2.